The van der Waals surface area contributed by atoms with Gasteiger partial charge in [-0.15, -0.1) is 0 Å². The van der Waals surface area contributed by atoms with Crippen LogP contribution in [0, 0.1) is 10.8 Å². The lowest BCUT2D eigenvalue weighted by molar-refractivity contribution is -0.132. The number of urea groups is 1. The molecule has 0 saturated carbocycles. The molecule has 1 fully saturated rings. The van der Waals surface area contributed by atoms with E-state index in [-0.39, 0.29) is 23.5 Å². The highest BCUT2D eigenvalue weighted by atomic mass is 16.5. The number of rotatable bonds is 5. The van der Waals surface area contributed by atoms with Gasteiger partial charge in [0.2, 0.25) is 0 Å². The number of hydrogen-bond donors (Lipinski definition) is 3. The third-order valence-corrected chi connectivity index (χ3v) is 4.80. The van der Waals surface area contributed by atoms with Crippen molar-refractivity contribution in [2.24, 2.45) is 10.8 Å². The molecule has 1 aliphatic heterocycles. The largest absolute Gasteiger partial charge is 0.396 e. The predicted octanol–water partition coefficient (Wildman–Crippen LogP) is 1.10. The number of amides is 2. The second-order valence-corrected chi connectivity index (χ2v) is 7.12. The van der Waals surface area contributed by atoms with E-state index in [0.29, 0.717) is 26.3 Å². The predicted molar refractivity (Wildman–Crippen MR) is 83.7 cm³/mol. The highest BCUT2D eigenvalue weighted by Crippen LogP contribution is 2.35. The number of nitrogens with one attached hydrogen (secondary N) is 2. The van der Waals surface area contributed by atoms with Crippen LogP contribution in [0.5, 0.6) is 0 Å². The Morgan fingerprint density at radius 1 is 1.18 bits per heavy atom. The molecule has 1 saturated heterocycles. The Balaban J connectivity index is 1.46. The van der Waals surface area contributed by atoms with E-state index in [4.69, 9.17) is 4.74 Å². The molecule has 1 aliphatic carbocycles. The molecule has 0 atom stereocenters. The van der Waals surface area contributed by atoms with Gasteiger partial charge in [-0.05, 0) is 29.4 Å². The van der Waals surface area contributed by atoms with E-state index in [1.54, 1.807) is 0 Å². The lowest BCUT2D eigenvalue weighted by Crippen LogP contribution is -2.55. The van der Waals surface area contributed by atoms with Gasteiger partial charge < -0.3 is 20.5 Å². The minimum Gasteiger partial charge on any atom is -0.396 e. The van der Waals surface area contributed by atoms with Gasteiger partial charge >= 0.3 is 6.03 Å². The van der Waals surface area contributed by atoms with Crippen LogP contribution in [0.3, 0.4) is 0 Å². The molecular formula is C17H24N2O3. The van der Waals surface area contributed by atoms with Gasteiger partial charge in [0.05, 0.1) is 25.2 Å². The average molecular weight is 304 g/mol. The fourth-order valence-electron chi connectivity index (χ4n) is 3.27. The van der Waals surface area contributed by atoms with Crippen molar-refractivity contribution in [2.75, 3.05) is 32.9 Å². The smallest absolute Gasteiger partial charge is 0.314 e. The lowest BCUT2D eigenvalue weighted by atomic mass is 9.87. The van der Waals surface area contributed by atoms with E-state index in [1.165, 1.54) is 11.1 Å². The van der Waals surface area contributed by atoms with E-state index in [1.807, 2.05) is 0 Å². The first-order valence-corrected chi connectivity index (χ1v) is 7.81. The van der Waals surface area contributed by atoms with Crippen LogP contribution in [-0.2, 0) is 17.6 Å². The zero-order valence-electron chi connectivity index (χ0n) is 13.0. The number of aliphatic hydroxyl groups is 1. The summed E-state index contributed by atoms with van der Waals surface area (Å²) in [5.74, 6) is 0. The van der Waals surface area contributed by atoms with Gasteiger partial charge in [0.1, 0.15) is 0 Å². The summed E-state index contributed by atoms with van der Waals surface area (Å²) in [6.45, 7) is 4.37. The van der Waals surface area contributed by atoms with Crippen LogP contribution in [0.4, 0.5) is 4.79 Å². The van der Waals surface area contributed by atoms with Crippen LogP contribution in [0.25, 0.3) is 0 Å². The van der Waals surface area contributed by atoms with Gasteiger partial charge in [0, 0.05) is 13.1 Å². The summed E-state index contributed by atoms with van der Waals surface area (Å²) in [6, 6.07) is 8.31. The SMILES string of the molecule is CC1(CNC(=O)NCC2(CO)COC2)Cc2ccccc2C1. The summed E-state index contributed by atoms with van der Waals surface area (Å²) in [6.07, 6.45) is 2.00. The van der Waals surface area contributed by atoms with Crippen molar-refractivity contribution in [2.45, 2.75) is 19.8 Å². The number of carbonyl (C=O) groups is 1. The Kier molecular flexibility index (Phi) is 4.10. The van der Waals surface area contributed by atoms with Crippen LogP contribution in [0.1, 0.15) is 18.1 Å². The summed E-state index contributed by atoms with van der Waals surface area (Å²) in [5, 5.41) is 15.2. The van der Waals surface area contributed by atoms with E-state index in [9.17, 15) is 9.90 Å². The summed E-state index contributed by atoms with van der Waals surface area (Å²) >= 11 is 0. The van der Waals surface area contributed by atoms with Gasteiger partial charge in [-0.3, -0.25) is 0 Å². The molecule has 1 aromatic rings. The molecule has 5 heteroatoms. The van der Waals surface area contributed by atoms with E-state index >= 15 is 0 Å². The highest BCUT2D eigenvalue weighted by molar-refractivity contribution is 5.74. The monoisotopic (exact) mass is 304 g/mol. The van der Waals surface area contributed by atoms with Crippen molar-refractivity contribution >= 4 is 6.03 Å². The van der Waals surface area contributed by atoms with Crippen molar-refractivity contribution < 1.29 is 14.6 Å². The third-order valence-electron chi connectivity index (χ3n) is 4.80. The van der Waals surface area contributed by atoms with Gasteiger partial charge in [-0.2, -0.15) is 0 Å². The Hall–Kier alpha value is -1.59. The fourth-order valence-corrected chi connectivity index (χ4v) is 3.27. The van der Waals surface area contributed by atoms with E-state index in [0.717, 1.165) is 12.8 Å². The Bertz CT molecular complexity index is 524. The van der Waals surface area contributed by atoms with Crippen LogP contribution < -0.4 is 10.6 Å². The first-order valence-electron chi connectivity index (χ1n) is 7.81. The molecule has 0 spiro atoms. The van der Waals surface area contributed by atoms with Crippen molar-refractivity contribution in [1.29, 1.82) is 0 Å². The van der Waals surface area contributed by atoms with Crippen molar-refractivity contribution in [3.8, 4) is 0 Å². The maximum absolute atomic E-state index is 12.0. The standard InChI is InChI=1S/C17H24N2O3/c1-16(6-13-4-2-3-5-14(13)7-16)8-18-15(21)19-9-17(10-20)11-22-12-17/h2-5,20H,6-12H2,1H3,(H2,18,19,21). The Labute approximate surface area is 131 Å². The van der Waals surface area contributed by atoms with Gasteiger partial charge in [0.25, 0.3) is 0 Å². The van der Waals surface area contributed by atoms with Crippen molar-refractivity contribution in [3.05, 3.63) is 35.4 Å². The Morgan fingerprint density at radius 2 is 1.77 bits per heavy atom. The minimum absolute atomic E-state index is 0.0420. The maximum atomic E-state index is 12.0. The summed E-state index contributed by atoms with van der Waals surface area (Å²) in [7, 11) is 0. The van der Waals surface area contributed by atoms with Crippen LogP contribution in [0.15, 0.2) is 24.3 Å². The molecule has 2 aliphatic rings. The van der Waals surface area contributed by atoms with Crippen LogP contribution >= 0.6 is 0 Å². The second kappa shape index (κ2) is 5.89. The van der Waals surface area contributed by atoms with E-state index in [2.05, 4.69) is 41.8 Å². The maximum Gasteiger partial charge on any atom is 0.314 e. The highest BCUT2D eigenvalue weighted by Gasteiger charge is 2.38. The molecule has 2 amide bonds. The zero-order chi connectivity index (χ0) is 15.6. The molecule has 0 unspecified atom stereocenters. The first-order chi connectivity index (χ1) is 10.5. The summed E-state index contributed by atoms with van der Waals surface area (Å²) in [4.78, 5) is 12.0. The van der Waals surface area contributed by atoms with Crippen LogP contribution in [0.2, 0.25) is 0 Å². The molecule has 0 radical (unpaired) electrons. The molecule has 3 rings (SSSR count). The quantitative estimate of drug-likeness (QED) is 0.763. The molecule has 120 valence electrons. The third kappa shape index (κ3) is 3.10. The molecule has 0 bridgehead atoms. The fraction of sp³-hybridized carbons (Fsp3) is 0.588. The molecular weight excluding hydrogens is 280 g/mol. The second-order valence-electron chi connectivity index (χ2n) is 7.12. The zero-order valence-corrected chi connectivity index (χ0v) is 13.0. The molecule has 5 nitrogen and oxygen atoms in total. The molecule has 1 aromatic carbocycles. The topological polar surface area (TPSA) is 70.6 Å². The van der Waals surface area contributed by atoms with Crippen LogP contribution in [-0.4, -0.2) is 44.0 Å². The first kappa shape index (κ1) is 15.3. The van der Waals surface area contributed by atoms with Gasteiger partial charge in [0.15, 0.2) is 0 Å². The van der Waals surface area contributed by atoms with E-state index < -0.39 is 0 Å². The normalized spacial score (nSPS) is 20.8. The molecule has 0 aromatic heterocycles. The van der Waals surface area contributed by atoms with Crippen molar-refractivity contribution in [1.82, 2.24) is 10.6 Å². The molecule has 22 heavy (non-hydrogen) atoms. The average Bonchev–Trinajstić information content (AvgIpc) is 2.81. The number of aliphatic hydroxyl groups excluding tert-OH is 1. The number of benzene rings is 1. The number of fused-ring (bicyclic) bond motifs is 1. The van der Waals surface area contributed by atoms with Gasteiger partial charge in [-0.1, -0.05) is 31.2 Å². The van der Waals surface area contributed by atoms with Gasteiger partial charge in [-0.25, -0.2) is 4.79 Å². The summed E-state index contributed by atoms with van der Waals surface area (Å²) in [5.41, 5.74) is 2.57. The number of hydrogen-bond acceptors (Lipinski definition) is 3. The minimum atomic E-state index is -0.287. The Morgan fingerprint density at radius 3 is 2.27 bits per heavy atom. The van der Waals surface area contributed by atoms with Crippen molar-refractivity contribution in [3.63, 3.8) is 0 Å². The number of ether oxygens (including phenoxy) is 1. The molecule has 3 N–H and O–H groups in total. The summed E-state index contributed by atoms with van der Waals surface area (Å²) < 4.78 is 5.12. The molecule has 1 heterocycles. The number of carbonyl (C=O) groups excluding carboxylic acids is 1. The lowest BCUT2D eigenvalue weighted by Gasteiger charge is -2.39.